The van der Waals surface area contributed by atoms with Gasteiger partial charge in [-0.2, -0.15) is 0 Å². The van der Waals surface area contributed by atoms with E-state index in [0.717, 1.165) is 31.8 Å². The first-order valence-corrected chi connectivity index (χ1v) is 9.02. The highest BCUT2D eigenvalue weighted by molar-refractivity contribution is 5.85. The van der Waals surface area contributed by atoms with Crippen LogP contribution in [0.3, 0.4) is 0 Å². The Labute approximate surface area is 155 Å². The van der Waals surface area contributed by atoms with Gasteiger partial charge in [0.25, 0.3) is 0 Å². The molecule has 25 heavy (non-hydrogen) atoms. The molecule has 1 saturated heterocycles. The van der Waals surface area contributed by atoms with E-state index >= 15 is 0 Å². The Balaban J connectivity index is 0.00000225. The van der Waals surface area contributed by atoms with E-state index < -0.39 is 0 Å². The third-order valence-electron chi connectivity index (χ3n) is 4.79. The molecule has 1 aromatic rings. The van der Waals surface area contributed by atoms with Crippen LogP contribution in [0.1, 0.15) is 31.2 Å². The molecule has 2 N–H and O–H groups in total. The number of rotatable bonds is 8. The van der Waals surface area contributed by atoms with Crippen LogP contribution in [-0.4, -0.2) is 48.9 Å². The molecule has 0 spiro atoms. The fraction of sp³-hybridized carbons (Fsp3) is 0.579. The lowest BCUT2D eigenvalue weighted by Crippen LogP contribution is -2.42. The molecular formula is C19H28ClN3O2. The highest BCUT2D eigenvalue weighted by Gasteiger charge is 2.27. The molecule has 1 unspecified atom stereocenters. The second kappa shape index (κ2) is 9.78. The molecule has 2 aliphatic rings. The molecule has 1 atom stereocenters. The van der Waals surface area contributed by atoms with Crippen molar-refractivity contribution in [2.24, 2.45) is 5.92 Å². The number of benzene rings is 1. The van der Waals surface area contributed by atoms with E-state index in [0.29, 0.717) is 19.5 Å². The maximum atomic E-state index is 12.3. The summed E-state index contributed by atoms with van der Waals surface area (Å²) in [6.07, 6.45) is 4.74. The number of halogens is 1. The van der Waals surface area contributed by atoms with Crippen molar-refractivity contribution in [1.29, 1.82) is 0 Å². The molecule has 0 bridgehead atoms. The predicted octanol–water partition coefficient (Wildman–Crippen LogP) is 1.76. The van der Waals surface area contributed by atoms with Crippen LogP contribution < -0.4 is 10.6 Å². The van der Waals surface area contributed by atoms with Crippen LogP contribution in [0.2, 0.25) is 0 Å². The second-order valence-corrected chi connectivity index (χ2v) is 6.95. The molecule has 0 radical (unpaired) electrons. The van der Waals surface area contributed by atoms with E-state index in [1.165, 1.54) is 18.4 Å². The molecule has 5 nitrogen and oxygen atoms in total. The lowest BCUT2D eigenvalue weighted by atomic mass is 10.1. The summed E-state index contributed by atoms with van der Waals surface area (Å²) in [5.41, 5.74) is 1.19. The molecule has 1 aliphatic carbocycles. The third-order valence-corrected chi connectivity index (χ3v) is 4.79. The van der Waals surface area contributed by atoms with Gasteiger partial charge in [0.2, 0.25) is 11.8 Å². The van der Waals surface area contributed by atoms with Gasteiger partial charge in [0.05, 0.1) is 6.54 Å². The number of aryl methyl sites for hydroxylation is 1. The summed E-state index contributed by atoms with van der Waals surface area (Å²) in [5.74, 6) is 1.00. The Morgan fingerprint density at radius 2 is 1.88 bits per heavy atom. The van der Waals surface area contributed by atoms with Crippen LogP contribution in [-0.2, 0) is 16.0 Å². The summed E-state index contributed by atoms with van der Waals surface area (Å²) in [7, 11) is 0. The number of hydrogen-bond donors (Lipinski definition) is 2. The molecule has 138 valence electrons. The Hall–Kier alpha value is -1.59. The van der Waals surface area contributed by atoms with E-state index in [4.69, 9.17) is 0 Å². The summed E-state index contributed by atoms with van der Waals surface area (Å²) < 4.78 is 0. The predicted molar refractivity (Wildman–Crippen MR) is 101 cm³/mol. The summed E-state index contributed by atoms with van der Waals surface area (Å²) >= 11 is 0. The Morgan fingerprint density at radius 1 is 1.12 bits per heavy atom. The van der Waals surface area contributed by atoms with E-state index in [1.807, 2.05) is 23.1 Å². The minimum absolute atomic E-state index is 0. The molecule has 1 saturated carbocycles. The van der Waals surface area contributed by atoms with Gasteiger partial charge in [0.15, 0.2) is 0 Å². The van der Waals surface area contributed by atoms with Crippen molar-refractivity contribution in [3.63, 3.8) is 0 Å². The molecule has 1 aromatic carbocycles. The van der Waals surface area contributed by atoms with Crippen molar-refractivity contribution in [2.45, 2.75) is 38.1 Å². The third kappa shape index (κ3) is 6.67. The molecule has 2 amide bonds. The van der Waals surface area contributed by atoms with Crippen LogP contribution in [0.5, 0.6) is 0 Å². The van der Waals surface area contributed by atoms with E-state index in [2.05, 4.69) is 22.8 Å². The fourth-order valence-corrected chi connectivity index (χ4v) is 3.15. The number of likely N-dealkylation sites (tertiary alicyclic amines) is 1. The van der Waals surface area contributed by atoms with E-state index in [-0.39, 0.29) is 30.3 Å². The Kier molecular flexibility index (Phi) is 7.72. The van der Waals surface area contributed by atoms with Crippen molar-refractivity contribution in [1.82, 2.24) is 15.5 Å². The van der Waals surface area contributed by atoms with Crippen LogP contribution in [0.4, 0.5) is 0 Å². The fourth-order valence-electron chi connectivity index (χ4n) is 3.15. The summed E-state index contributed by atoms with van der Waals surface area (Å²) in [5, 5.41) is 6.24. The number of nitrogens with zero attached hydrogens (tertiary/aromatic N) is 1. The molecule has 0 aromatic heterocycles. The SMILES string of the molecule is Cl.O=C(CNCC1CC1)NC1CCN(C(=O)CCc2ccccc2)C1. The quantitative estimate of drug-likeness (QED) is 0.738. The van der Waals surface area contributed by atoms with Gasteiger partial charge < -0.3 is 15.5 Å². The zero-order chi connectivity index (χ0) is 16.8. The molecule has 1 heterocycles. The number of amides is 2. The van der Waals surface area contributed by atoms with Gasteiger partial charge in [-0.25, -0.2) is 0 Å². The van der Waals surface area contributed by atoms with Crippen LogP contribution in [0.15, 0.2) is 30.3 Å². The van der Waals surface area contributed by atoms with Gasteiger partial charge in [-0.1, -0.05) is 30.3 Å². The zero-order valence-electron chi connectivity index (χ0n) is 14.6. The Bertz CT molecular complexity index is 563. The van der Waals surface area contributed by atoms with Gasteiger partial charge in [-0.3, -0.25) is 9.59 Å². The number of carbonyl (C=O) groups excluding carboxylic acids is 2. The number of carbonyl (C=O) groups is 2. The maximum absolute atomic E-state index is 12.3. The monoisotopic (exact) mass is 365 g/mol. The maximum Gasteiger partial charge on any atom is 0.234 e. The second-order valence-electron chi connectivity index (χ2n) is 6.95. The molecule has 2 fully saturated rings. The van der Waals surface area contributed by atoms with Gasteiger partial charge in [0.1, 0.15) is 0 Å². The standard InChI is InChI=1S/C19H27N3O2.ClH/c23-18(13-20-12-16-6-7-16)21-17-10-11-22(14-17)19(24)9-8-15-4-2-1-3-5-15;/h1-5,16-17,20H,6-14H2,(H,21,23);1H. The van der Waals surface area contributed by atoms with Gasteiger partial charge in [-0.05, 0) is 43.7 Å². The topological polar surface area (TPSA) is 61.4 Å². The molecule has 3 rings (SSSR count). The highest BCUT2D eigenvalue weighted by Crippen LogP contribution is 2.27. The van der Waals surface area contributed by atoms with Gasteiger partial charge in [0, 0.05) is 25.6 Å². The first kappa shape index (κ1) is 19.7. The summed E-state index contributed by atoms with van der Waals surface area (Å²) in [4.78, 5) is 26.1. The van der Waals surface area contributed by atoms with Crippen molar-refractivity contribution in [3.8, 4) is 0 Å². The average molecular weight is 366 g/mol. The van der Waals surface area contributed by atoms with Crippen LogP contribution >= 0.6 is 12.4 Å². The lowest BCUT2D eigenvalue weighted by Gasteiger charge is -2.17. The zero-order valence-corrected chi connectivity index (χ0v) is 15.4. The smallest absolute Gasteiger partial charge is 0.234 e. The molecule has 6 heteroatoms. The van der Waals surface area contributed by atoms with Crippen LogP contribution in [0, 0.1) is 5.92 Å². The van der Waals surface area contributed by atoms with Crippen molar-refractivity contribution in [3.05, 3.63) is 35.9 Å². The van der Waals surface area contributed by atoms with Gasteiger partial charge in [-0.15, -0.1) is 12.4 Å². The van der Waals surface area contributed by atoms with Crippen molar-refractivity contribution < 1.29 is 9.59 Å². The lowest BCUT2D eigenvalue weighted by molar-refractivity contribution is -0.130. The first-order chi connectivity index (χ1) is 11.7. The average Bonchev–Trinajstić information content (AvgIpc) is 3.30. The highest BCUT2D eigenvalue weighted by atomic mass is 35.5. The largest absolute Gasteiger partial charge is 0.350 e. The minimum atomic E-state index is 0. The normalized spacial score (nSPS) is 19.4. The molecular weight excluding hydrogens is 338 g/mol. The summed E-state index contributed by atoms with van der Waals surface area (Å²) in [6, 6.07) is 10.2. The van der Waals surface area contributed by atoms with E-state index in [1.54, 1.807) is 0 Å². The molecule has 1 aliphatic heterocycles. The minimum Gasteiger partial charge on any atom is -0.350 e. The summed E-state index contributed by atoms with van der Waals surface area (Å²) in [6.45, 7) is 2.72. The van der Waals surface area contributed by atoms with Gasteiger partial charge >= 0.3 is 0 Å². The van der Waals surface area contributed by atoms with E-state index in [9.17, 15) is 9.59 Å². The Morgan fingerprint density at radius 3 is 2.60 bits per heavy atom. The van der Waals surface area contributed by atoms with Crippen molar-refractivity contribution in [2.75, 3.05) is 26.2 Å². The van der Waals surface area contributed by atoms with Crippen molar-refractivity contribution >= 4 is 24.2 Å². The van der Waals surface area contributed by atoms with Crippen LogP contribution in [0.25, 0.3) is 0 Å². The number of hydrogen-bond acceptors (Lipinski definition) is 3. The first-order valence-electron chi connectivity index (χ1n) is 9.02. The number of nitrogens with one attached hydrogen (secondary N) is 2.